The number of non-ortho nitro benzene ring substituents is 1. The Morgan fingerprint density at radius 1 is 0.971 bits per heavy atom. The van der Waals surface area contributed by atoms with Gasteiger partial charge in [-0.05, 0) is 74.6 Å². The van der Waals surface area contributed by atoms with Crippen molar-refractivity contribution in [3.05, 3.63) is 99.6 Å². The van der Waals surface area contributed by atoms with Crippen molar-refractivity contribution in [2.45, 2.75) is 13.8 Å². The maximum Gasteiger partial charge on any atom is 0.269 e. The Labute approximate surface area is 206 Å². The van der Waals surface area contributed by atoms with E-state index in [0.29, 0.717) is 27.7 Å². The highest BCUT2D eigenvalue weighted by atomic mass is 32.1. The van der Waals surface area contributed by atoms with Gasteiger partial charge in [0.15, 0.2) is 10.9 Å². The van der Waals surface area contributed by atoms with E-state index in [2.05, 4.69) is 15.6 Å². The molecule has 0 spiro atoms. The van der Waals surface area contributed by atoms with Crippen molar-refractivity contribution in [1.82, 2.24) is 10.3 Å². The van der Waals surface area contributed by atoms with Gasteiger partial charge in [0.2, 0.25) is 0 Å². The van der Waals surface area contributed by atoms with E-state index in [1.165, 1.54) is 19.1 Å². The van der Waals surface area contributed by atoms with Crippen molar-refractivity contribution in [2.75, 3.05) is 5.32 Å². The van der Waals surface area contributed by atoms with Crippen molar-refractivity contribution >= 4 is 51.3 Å². The number of fused-ring (bicyclic) bond motifs is 1. The van der Waals surface area contributed by atoms with Crippen molar-refractivity contribution in [3.63, 3.8) is 0 Å². The number of hydrogen-bond donors (Lipinski definition) is 2. The normalized spacial score (nSPS) is 10.6. The Morgan fingerprint density at radius 3 is 2.29 bits per heavy atom. The van der Waals surface area contributed by atoms with Gasteiger partial charge in [0.05, 0.1) is 21.7 Å². The quantitative estimate of drug-likeness (QED) is 0.168. The van der Waals surface area contributed by atoms with Crippen LogP contribution in [0.3, 0.4) is 0 Å². The molecule has 4 aromatic rings. The van der Waals surface area contributed by atoms with Gasteiger partial charge in [-0.2, -0.15) is 0 Å². The summed E-state index contributed by atoms with van der Waals surface area (Å²) in [5.74, 6) is -0.625. The zero-order chi connectivity index (χ0) is 25.1. The number of Topliss-reactive ketones (excluding diaryl/α,β-unsaturated/α-hetero) is 1. The molecule has 0 saturated carbocycles. The Bertz CT molecular complexity index is 1480. The molecule has 174 valence electrons. The number of amides is 1. The summed E-state index contributed by atoms with van der Waals surface area (Å²) in [7, 11) is 0. The molecule has 0 aliphatic carbocycles. The summed E-state index contributed by atoms with van der Waals surface area (Å²) in [6.45, 7) is 3.41. The second-order valence-electron chi connectivity index (χ2n) is 7.92. The molecule has 1 amide bonds. The van der Waals surface area contributed by atoms with Crippen LogP contribution in [0.1, 0.15) is 33.2 Å². The first-order valence-corrected chi connectivity index (χ1v) is 11.0. The number of anilines is 1. The number of pyridine rings is 1. The molecular weight excluding hydrogens is 464 g/mol. The SMILES string of the molecule is CC(=O)c1ccc2nc(-c3ccc([N+](=O)[O-])cc3)cc(C(=O)NC(=S)Nc3ccc(C)cc3)c2c1. The van der Waals surface area contributed by atoms with E-state index in [9.17, 15) is 19.7 Å². The van der Waals surface area contributed by atoms with Gasteiger partial charge < -0.3 is 5.32 Å². The fourth-order valence-corrected chi connectivity index (χ4v) is 3.71. The van der Waals surface area contributed by atoms with Crippen LogP contribution in [-0.4, -0.2) is 26.7 Å². The third-order valence-corrected chi connectivity index (χ3v) is 5.57. The highest BCUT2D eigenvalue weighted by molar-refractivity contribution is 7.80. The summed E-state index contributed by atoms with van der Waals surface area (Å²) in [4.78, 5) is 40.3. The van der Waals surface area contributed by atoms with Gasteiger partial charge in [-0.25, -0.2) is 4.98 Å². The Balaban J connectivity index is 1.72. The molecule has 0 atom stereocenters. The minimum absolute atomic E-state index is 0.0499. The van der Waals surface area contributed by atoms with Crippen molar-refractivity contribution in [1.29, 1.82) is 0 Å². The third-order valence-electron chi connectivity index (χ3n) is 5.37. The lowest BCUT2D eigenvalue weighted by Crippen LogP contribution is -2.34. The molecule has 1 aromatic heterocycles. The van der Waals surface area contributed by atoms with Crippen LogP contribution in [-0.2, 0) is 0 Å². The molecule has 1 heterocycles. The number of hydrogen-bond acceptors (Lipinski definition) is 6. The van der Waals surface area contributed by atoms with Gasteiger partial charge >= 0.3 is 0 Å². The molecular formula is C26H20N4O4S. The van der Waals surface area contributed by atoms with E-state index >= 15 is 0 Å². The fraction of sp³-hybridized carbons (Fsp3) is 0.0769. The van der Waals surface area contributed by atoms with Crippen LogP contribution in [0, 0.1) is 17.0 Å². The van der Waals surface area contributed by atoms with E-state index in [-0.39, 0.29) is 22.1 Å². The third kappa shape index (κ3) is 5.36. The number of nitro groups is 1. The average Bonchev–Trinajstić information content (AvgIpc) is 2.84. The number of nitro benzene ring substituents is 1. The molecule has 0 radical (unpaired) electrons. The topological polar surface area (TPSA) is 114 Å². The number of carbonyl (C=O) groups excluding carboxylic acids is 2. The molecule has 2 N–H and O–H groups in total. The first-order chi connectivity index (χ1) is 16.7. The molecule has 4 rings (SSSR count). The summed E-state index contributed by atoms with van der Waals surface area (Å²) in [6, 6.07) is 19.9. The highest BCUT2D eigenvalue weighted by Gasteiger charge is 2.17. The predicted octanol–water partition coefficient (Wildman–Crippen LogP) is 5.45. The maximum absolute atomic E-state index is 13.3. The first-order valence-electron chi connectivity index (χ1n) is 10.6. The summed E-state index contributed by atoms with van der Waals surface area (Å²) in [6.07, 6.45) is 0. The number of aromatic nitrogens is 1. The number of aryl methyl sites for hydroxylation is 1. The monoisotopic (exact) mass is 484 g/mol. The Kier molecular flexibility index (Phi) is 6.61. The molecule has 0 saturated heterocycles. The van der Waals surface area contributed by atoms with E-state index in [4.69, 9.17) is 12.2 Å². The lowest BCUT2D eigenvalue weighted by atomic mass is 10.0. The average molecular weight is 485 g/mol. The van der Waals surface area contributed by atoms with Gasteiger partial charge in [-0.15, -0.1) is 0 Å². The summed E-state index contributed by atoms with van der Waals surface area (Å²) < 4.78 is 0. The van der Waals surface area contributed by atoms with Gasteiger partial charge in [0, 0.05) is 34.3 Å². The molecule has 0 aliphatic heterocycles. The Morgan fingerprint density at radius 2 is 1.66 bits per heavy atom. The Hall–Kier alpha value is -4.50. The number of benzene rings is 3. The van der Waals surface area contributed by atoms with Crippen LogP contribution in [0.15, 0.2) is 72.8 Å². The lowest BCUT2D eigenvalue weighted by molar-refractivity contribution is -0.384. The number of rotatable bonds is 5. The fourth-order valence-electron chi connectivity index (χ4n) is 3.50. The standard InChI is InChI=1S/C26H20N4O4S/c1-15-3-8-19(9-4-15)27-26(35)29-25(32)22-14-24(17-5-10-20(11-6-17)30(33)34)28-23-12-7-18(16(2)31)13-21(22)23/h3-14H,1-2H3,(H2,27,29,32,35). The van der Waals surface area contributed by atoms with E-state index in [0.717, 1.165) is 11.3 Å². The molecule has 0 bridgehead atoms. The number of nitrogens with zero attached hydrogens (tertiary/aromatic N) is 2. The van der Waals surface area contributed by atoms with Gasteiger partial charge in [-0.1, -0.05) is 17.7 Å². The molecule has 0 fully saturated rings. The number of thiocarbonyl (C=S) groups is 1. The summed E-state index contributed by atoms with van der Waals surface area (Å²) >= 11 is 5.32. The minimum Gasteiger partial charge on any atom is -0.332 e. The smallest absolute Gasteiger partial charge is 0.269 e. The lowest BCUT2D eigenvalue weighted by Gasteiger charge is -2.13. The van der Waals surface area contributed by atoms with Crippen LogP contribution in [0.25, 0.3) is 22.2 Å². The van der Waals surface area contributed by atoms with Crippen LogP contribution >= 0.6 is 12.2 Å². The largest absolute Gasteiger partial charge is 0.332 e. The molecule has 9 heteroatoms. The van der Waals surface area contributed by atoms with Gasteiger partial charge in [0.1, 0.15) is 0 Å². The predicted molar refractivity (Wildman–Crippen MR) is 139 cm³/mol. The molecule has 0 aliphatic rings. The van der Waals surface area contributed by atoms with Crippen molar-refractivity contribution < 1.29 is 14.5 Å². The number of carbonyl (C=O) groups is 2. The van der Waals surface area contributed by atoms with Crippen molar-refractivity contribution in [2.24, 2.45) is 0 Å². The van der Waals surface area contributed by atoms with Crippen molar-refractivity contribution in [3.8, 4) is 11.3 Å². The molecule has 8 nitrogen and oxygen atoms in total. The second kappa shape index (κ2) is 9.78. The summed E-state index contributed by atoms with van der Waals surface area (Å²) in [5, 5.41) is 17.3. The first kappa shape index (κ1) is 23.7. The zero-order valence-electron chi connectivity index (χ0n) is 18.9. The maximum atomic E-state index is 13.3. The summed E-state index contributed by atoms with van der Waals surface area (Å²) in [5.41, 5.74) is 4.02. The van der Waals surface area contributed by atoms with E-state index in [1.54, 1.807) is 36.4 Å². The van der Waals surface area contributed by atoms with E-state index < -0.39 is 10.8 Å². The number of nitrogens with one attached hydrogen (secondary N) is 2. The van der Waals surface area contributed by atoms with Crippen LogP contribution < -0.4 is 10.6 Å². The highest BCUT2D eigenvalue weighted by Crippen LogP contribution is 2.27. The molecule has 0 unspecified atom stereocenters. The van der Waals surface area contributed by atoms with Gasteiger partial charge in [0.25, 0.3) is 11.6 Å². The van der Waals surface area contributed by atoms with Gasteiger partial charge in [-0.3, -0.25) is 25.0 Å². The minimum atomic E-state index is -0.484. The molecule has 3 aromatic carbocycles. The zero-order valence-corrected chi connectivity index (χ0v) is 19.7. The van der Waals surface area contributed by atoms with Crippen LogP contribution in [0.5, 0.6) is 0 Å². The van der Waals surface area contributed by atoms with Crippen LogP contribution in [0.2, 0.25) is 0 Å². The van der Waals surface area contributed by atoms with E-state index in [1.807, 2.05) is 31.2 Å². The molecule has 35 heavy (non-hydrogen) atoms. The second-order valence-corrected chi connectivity index (χ2v) is 8.33. The number of ketones is 1. The van der Waals surface area contributed by atoms with Crippen LogP contribution in [0.4, 0.5) is 11.4 Å².